The minimum atomic E-state index is -0.283. The van der Waals surface area contributed by atoms with Crippen LogP contribution in [0.15, 0.2) is 30.5 Å². The Bertz CT molecular complexity index is 760. The predicted octanol–water partition coefficient (Wildman–Crippen LogP) is 4.63. The van der Waals surface area contributed by atoms with Crippen molar-refractivity contribution in [2.24, 2.45) is 0 Å². The van der Waals surface area contributed by atoms with Gasteiger partial charge in [-0.25, -0.2) is 4.98 Å². The molecule has 146 valence electrons. The number of pyridine rings is 1. The number of nitrogens with one attached hydrogen (secondary N) is 1. The molecule has 1 N–H and O–H groups in total. The lowest BCUT2D eigenvalue weighted by Gasteiger charge is -2.22. The molecule has 1 aromatic carbocycles. The minimum absolute atomic E-state index is 0.283. The van der Waals surface area contributed by atoms with Crippen LogP contribution in [0.5, 0.6) is 11.5 Å². The molecule has 0 aliphatic carbocycles. The van der Waals surface area contributed by atoms with E-state index in [1.54, 1.807) is 24.4 Å². The Morgan fingerprint density at radius 3 is 2.30 bits per heavy atom. The number of anilines is 2. The van der Waals surface area contributed by atoms with Crippen molar-refractivity contribution in [3.05, 3.63) is 41.0 Å². The number of hydrogen-bond acceptors (Lipinski definition) is 5. The number of aromatic nitrogens is 1. The number of carbonyl (C=O) groups is 1. The highest BCUT2D eigenvalue weighted by molar-refractivity contribution is 6.32. The second-order valence-electron chi connectivity index (χ2n) is 6.03. The highest BCUT2D eigenvalue weighted by Gasteiger charge is 2.15. The molecule has 1 amide bonds. The van der Waals surface area contributed by atoms with Crippen LogP contribution in [0.2, 0.25) is 5.02 Å². The van der Waals surface area contributed by atoms with Gasteiger partial charge in [-0.2, -0.15) is 0 Å². The molecule has 27 heavy (non-hydrogen) atoms. The van der Waals surface area contributed by atoms with Gasteiger partial charge in [-0.3, -0.25) is 4.79 Å². The van der Waals surface area contributed by atoms with E-state index in [1.807, 2.05) is 6.07 Å². The lowest BCUT2D eigenvalue weighted by Crippen LogP contribution is -2.26. The Hall–Kier alpha value is -2.47. The Labute approximate surface area is 165 Å². The molecule has 0 spiro atoms. The van der Waals surface area contributed by atoms with Crippen molar-refractivity contribution in [1.82, 2.24) is 4.98 Å². The molecule has 0 atom stereocenters. The number of amides is 1. The fourth-order valence-electron chi connectivity index (χ4n) is 2.74. The van der Waals surface area contributed by atoms with Crippen LogP contribution in [0.1, 0.15) is 37.0 Å². The Balaban J connectivity index is 2.19. The second kappa shape index (κ2) is 10.0. The maximum Gasteiger partial charge on any atom is 0.257 e. The number of ether oxygens (including phenoxy) is 2. The lowest BCUT2D eigenvalue weighted by molar-refractivity contribution is 0.102. The van der Waals surface area contributed by atoms with Gasteiger partial charge < -0.3 is 19.7 Å². The van der Waals surface area contributed by atoms with Gasteiger partial charge >= 0.3 is 0 Å². The van der Waals surface area contributed by atoms with Crippen molar-refractivity contribution in [1.29, 1.82) is 0 Å². The van der Waals surface area contributed by atoms with Gasteiger partial charge in [-0.15, -0.1) is 0 Å². The van der Waals surface area contributed by atoms with Crippen LogP contribution < -0.4 is 19.7 Å². The largest absolute Gasteiger partial charge is 0.495 e. The molecule has 2 aromatic rings. The average Bonchev–Trinajstić information content (AvgIpc) is 2.68. The van der Waals surface area contributed by atoms with Gasteiger partial charge in [0, 0.05) is 31.4 Å². The van der Waals surface area contributed by atoms with Crippen LogP contribution in [0.3, 0.4) is 0 Å². The number of carbonyl (C=O) groups excluding carboxylic acids is 1. The maximum atomic E-state index is 12.6. The minimum Gasteiger partial charge on any atom is -0.495 e. The third kappa shape index (κ3) is 5.26. The summed E-state index contributed by atoms with van der Waals surface area (Å²) < 4.78 is 10.5. The van der Waals surface area contributed by atoms with E-state index in [2.05, 4.69) is 29.0 Å². The summed E-state index contributed by atoms with van der Waals surface area (Å²) in [4.78, 5) is 19.3. The third-order valence-electron chi connectivity index (χ3n) is 4.04. The monoisotopic (exact) mass is 391 g/mol. The zero-order chi connectivity index (χ0) is 19.8. The molecule has 0 aliphatic rings. The molecule has 7 heteroatoms. The molecule has 0 saturated carbocycles. The molecule has 0 fully saturated rings. The van der Waals surface area contributed by atoms with Gasteiger partial charge in [0.2, 0.25) is 0 Å². The molecule has 1 aromatic heterocycles. The van der Waals surface area contributed by atoms with Crippen LogP contribution in [-0.2, 0) is 0 Å². The summed E-state index contributed by atoms with van der Waals surface area (Å²) in [6, 6.07) is 6.88. The molecule has 1 heterocycles. The average molecular weight is 392 g/mol. The molecule has 2 rings (SSSR count). The smallest absolute Gasteiger partial charge is 0.257 e. The fourth-order valence-corrected chi connectivity index (χ4v) is 2.97. The lowest BCUT2D eigenvalue weighted by atomic mass is 10.2. The summed E-state index contributed by atoms with van der Waals surface area (Å²) in [5.74, 6) is 1.50. The molecule has 0 aliphatic heterocycles. The number of nitrogens with zero attached hydrogens (tertiary/aromatic N) is 2. The van der Waals surface area contributed by atoms with E-state index in [0.717, 1.165) is 31.7 Å². The van der Waals surface area contributed by atoms with Gasteiger partial charge in [-0.1, -0.05) is 25.4 Å². The number of methoxy groups -OCH3 is 2. The maximum absolute atomic E-state index is 12.6. The van der Waals surface area contributed by atoms with Crippen LogP contribution in [0, 0.1) is 0 Å². The summed E-state index contributed by atoms with van der Waals surface area (Å²) in [6.07, 6.45) is 3.67. The van der Waals surface area contributed by atoms with Crippen molar-refractivity contribution in [3.8, 4) is 11.5 Å². The van der Waals surface area contributed by atoms with Crippen molar-refractivity contribution in [3.63, 3.8) is 0 Å². The van der Waals surface area contributed by atoms with Crippen molar-refractivity contribution < 1.29 is 14.3 Å². The SMILES string of the molecule is CCCN(CCC)c1ccc(C(=O)Nc2cc(OC)c(Cl)cc2OC)cn1. The Kier molecular flexibility index (Phi) is 7.73. The van der Waals surface area contributed by atoms with E-state index < -0.39 is 0 Å². The van der Waals surface area contributed by atoms with Crippen molar-refractivity contribution in [2.45, 2.75) is 26.7 Å². The van der Waals surface area contributed by atoms with E-state index in [4.69, 9.17) is 21.1 Å². The molecule has 6 nitrogen and oxygen atoms in total. The first-order valence-corrected chi connectivity index (χ1v) is 9.35. The zero-order valence-corrected chi connectivity index (χ0v) is 17.0. The normalized spacial score (nSPS) is 10.4. The van der Waals surface area contributed by atoms with Crippen LogP contribution in [0.4, 0.5) is 11.5 Å². The topological polar surface area (TPSA) is 63.7 Å². The summed E-state index contributed by atoms with van der Waals surface area (Å²) in [7, 11) is 3.03. The van der Waals surface area contributed by atoms with Gasteiger partial charge in [0.25, 0.3) is 5.91 Å². The summed E-state index contributed by atoms with van der Waals surface area (Å²) in [6.45, 7) is 6.15. The van der Waals surface area contributed by atoms with Crippen LogP contribution in [-0.4, -0.2) is 38.2 Å². The van der Waals surface area contributed by atoms with Gasteiger partial charge in [0.1, 0.15) is 17.3 Å². The number of hydrogen-bond donors (Lipinski definition) is 1. The van der Waals surface area contributed by atoms with Crippen LogP contribution >= 0.6 is 11.6 Å². The third-order valence-corrected chi connectivity index (χ3v) is 4.34. The number of halogens is 1. The fraction of sp³-hybridized carbons (Fsp3) is 0.400. The summed E-state index contributed by atoms with van der Waals surface area (Å²) in [5, 5.41) is 3.23. The van der Waals surface area contributed by atoms with Gasteiger partial charge in [-0.05, 0) is 25.0 Å². The van der Waals surface area contributed by atoms with Crippen LogP contribution in [0.25, 0.3) is 0 Å². The first kappa shape index (κ1) is 20.8. The Morgan fingerprint density at radius 2 is 1.78 bits per heavy atom. The number of benzene rings is 1. The van der Waals surface area contributed by atoms with E-state index >= 15 is 0 Å². The molecular weight excluding hydrogens is 366 g/mol. The van der Waals surface area contributed by atoms with Crippen molar-refractivity contribution >= 4 is 29.0 Å². The predicted molar refractivity (Wildman–Crippen MR) is 110 cm³/mol. The molecular formula is C20H26ClN3O3. The van der Waals surface area contributed by atoms with E-state index in [1.165, 1.54) is 14.2 Å². The Morgan fingerprint density at radius 1 is 1.11 bits per heavy atom. The second-order valence-corrected chi connectivity index (χ2v) is 6.44. The summed E-state index contributed by atoms with van der Waals surface area (Å²) >= 11 is 6.10. The molecule has 0 unspecified atom stereocenters. The van der Waals surface area contributed by atoms with E-state index in [-0.39, 0.29) is 5.91 Å². The number of rotatable bonds is 9. The highest BCUT2D eigenvalue weighted by Crippen LogP contribution is 2.36. The first-order chi connectivity index (χ1) is 13.0. The molecule has 0 bridgehead atoms. The highest BCUT2D eigenvalue weighted by atomic mass is 35.5. The van der Waals surface area contributed by atoms with Gasteiger partial charge in [0.05, 0.1) is 30.5 Å². The van der Waals surface area contributed by atoms with E-state index in [9.17, 15) is 4.79 Å². The summed E-state index contributed by atoms with van der Waals surface area (Å²) in [5.41, 5.74) is 0.939. The molecule has 0 saturated heterocycles. The first-order valence-electron chi connectivity index (χ1n) is 8.97. The van der Waals surface area contributed by atoms with Crippen molar-refractivity contribution in [2.75, 3.05) is 37.5 Å². The molecule has 0 radical (unpaired) electrons. The standard InChI is InChI=1S/C20H26ClN3O3/c1-5-9-24(10-6-2)19-8-7-14(13-22-19)20(25)23-16-12-17(26-3)15(21)11-18(16)27-4/h7-8,11-13H,5-6,9-10H2,1-4H3,(H,23,25). The zero-order valence-electron chi connectivity index (χ0n) is 16.2. The van der Waals surface area contributed by atoms with Gasteiger partial charge in [0.15, 0.2) is 0 Å². The quantitative estimate of drug-likeness (QED) is 0.675. The van der Waals surface area contributed by atoms with E-state index in [0.29, 0.717) is 27.8 Å².